The number of ether oxygens (including phenoxy) is 2. The van der Waals surface area contributed by atoms with Crippen molar-refractivity contribution in [3.05, 3.63) is 23.8 Å². The molecule has 1 aromatic carbocycles. The number of hydrogen-bond acceptors (Lipinski definition) is 3. The molecule has 2 aliphatic carbocycles. The molecular weight excluding hydrogens is 364 g/mol. The van der Waals surface area contributed by atoms with E-state index in [-0.39, 0.29) is 11.5 Å². The third-order valence-electron chi connectivity index (χ3n) is 5.63. The van der Waals surface area contributed by atoms with E-state index in [2.05, 4.69) is 43.2 Å². The first-order valence-electron chi connectivity index (χ1n) is 10.8. The Kier molecular flexibility index (Phi) is 6.55. The largest absolute Gasteiger partial charge is 0.490 e. The Morgan fingerprint density at radius 3 is 2.54 bits per heavy atom. The van der Waals surface area contributed by atoms with Crippen LogP contribution in [0.4, 0.5) is 0 Å². The van der Waals surface area contributed by atoms with Crippen molar-refractivity contribution in [2.75, 3.05) is 6.61 Å². The van der Waals surface area contributed by atoms with Gasteiger partial charge in [0.2, 0.25) is 0 Å². The van der Waals surface area contributed by atoms with E-state index in [1.165, 1.54) is 12.8 Å². The number of hydrogen-bond donors (Lipinski definition) is 0. The second-order valence-corrected chi connectivity index (χ2v) is 14.0. The lowest BCUT2D eigenvalue weighted by atomic mass is 9.69. The van der Waals surface area contributed by atoms with E-state index in [0.29, 0.717) is 25.2 Å². The highest BCUT2D eigenvalue weighted by atomic mass is 28.3. The predicted octanol–water partition coefficient (Wildman–Crippen LogP) is 5.67. The van der Waals surface area contributed by atoms with E-state index in [1.54, 1.807) is 0 Å². The maximum absolute atomic E-state index is 12.4. The summed E-state index contributed by atoms with van der Waals surface area (Å²) >= 11 is 0. The predicted molar refractivity (Wildman–Crippen MR) is 117 cm³/mol. The summed E-state index contributed by atoms with van der Waals surface area (Å²) in [6, 6.07) is 6.23. The van der Waals surface area contributed by atoms with Gasteiger partial charge < -0.3 is 9.47 Å². The molecule has 2 aliphatic rings. The molecule has 0 aromatic heterocycles. The summed E-state index contributed by atoms with van der Waals surface area (Å²) in [6.07, 6.45) is 7.98. The standard InChI is InChI=1S/C24H34O3Si/c1-5-26-22-13-12-19(17-23(22)27-21-10-6-7-11-21)24(15-16-28(2,3)4)14-8-9-20(25)18-24/h12-13,17,21H,5-11,14,18H2,1-4H3. The van der Waals surface area contributed by atoms with Crippen LogP contribution in [0.1, 0.15) is 63.9 Å². The lowest BCUT2D eigenvalue weighted by Gasteiger charge is -2.33. The average molecular weight is 399 g/mol. The van der Waals surface area contributed by atoms with Gasteiger partial charge in [-0.3, -0.25) is 4.79 Å². The fourth-order valence-electron chi connectivity index (χ4n) is 4.19. The van der Waals surface area contributed by atoms with Gasteiger partial charge in [-0.25, -0.2) is 0 Å². The summed E-state index contributed by atoms with van der Waals surface area (Å²) < 4.78 is 12.2. The number of benzene rings is 1. The third-order valence-corrected chi connectivity index (χ3v) is 6.50. The van der Waals surface area contributed by atoms with Gasteiger partial charge in [0.05, 0.1) is 18.1 Å². The summed E-state index contributed by atoms with van der Waals surface area (Å²) in [7, 11) is -1.54. The second-order valence-electron chi connectivity index (χ2n) is 9.27. The van der Waals surface area contributed by atoms with Gasteiger partial charge in [0.15, 0.2) is 11.5 Å². The van der Waals surface area contributed by atoms with Crippen molar-refractivity contribution >= 4 is 13.9 Å². The summed E-state index contributed by atoms with van der Waals surface area (Å²) in [5.74, 6) is 5.53. The molecule has 28 heavy (non-hydrogen) atoms. The van der Waals surface area contributed by atoms with E-state index >= 15 is 0 Å². The first-order chi connectivity index (χ1) is 13.3. The van der Waals surface area contributed by atoms with Crippen LogP contribution in [0.3, 0.4) is 0 Å². The van der Waals surface area contributed by atoms with Gasteiger partial charge in [-0.15, -0.1) is 5.54 Å². The van der Waals surface area contributed by atoms with Gasteiger partial charge in [0, 0.05) is 12.8 Å². The highest BCUT2D eigenvalue weighted by Gasteiger charge is 2.37. The lowest BCUT2D eigenvalue weighted by molar-refractivity contribution is -0.121. The molecule has 2 saturated carbocycles. The molecule has 0 amide bonds. The quantitative estimate of drug-likeness (QED) is 0.474. The van der Waals surface area contributed by atoms with Crippen LogP contribution in [-0.2, 0) is 10.2 Å². The van der Waals surface area contributed by atoms with E-state index in [4.69, 9.17) is 9.47 Å². The SMILES string of the molecule is CCOc1ccc(C2(C#C[Si](C)(C)C)CCCC(=O)C2)cc1OC1CCCC1. The normalized spacial score (nSPS) is 23.2. The van der Waals surface area contributed by atoms with Gasteiger partial charge >= 0.3 is 0 Å². The summed E-state index contributed by atoms with van der Waals surface area (Å²) in [5.41, 5.74) is 4.28. The first-order valence-corrected chi connectivity index (χ1v) is 14.3. The lowest BCUT2D eigenvalue weighted by Crippen LogP contribution is -2.33. The molecule has 0 spiro atoms. The molecule has 0 radical (unpaired) electrons. The molecular formula is C24H34O3Si. The van der Waals surface area contributed by atoms with Crippen molar-refractivity contribution in [3.8, 4) is 23.0 Å². The topological polar surface area (TPSA) is 35.5 Å². The maximum atomic E-state index is 12.4. The van der Waals surface area contributed by atoms with Gasteiger partial charge in [-0.05, 0) is 63.1 Å². The molecule has 3 rings (SSSR count). The molecule has 1 unspecified atom stereocenters. The van der Waals surface area contributed by atoms with Crippen LogP contribution in [0.2, 0.25) is 19.6 Å². The maximum Gasteiger partial charge on any atom is 0.161 e. The zero-order valence-electron chi connectivity index (χ0n) is 17.9. The smallest absolute Gasteiger partial charge is 0.161 e. The first kappa shape index (κ1) is 21.0. The van der Waals surface area contributed by atoms with E-state index in [1.807, 2.05) is 13.0 Å². The van der Waals surface area contributed by atoms with Crippen molar-refractivity contribution < 1.29 is 14.3 Å². The Bertz CT molecular complexity index is 762. The Balaban J connectivity index is 2.01. The van der Waals surface area contributed by atoms with Crippen LogP contribution in [0.25, 0.3) is 0 Å². The molecule has 2 fully saturated rings. The molecule has 1 atom stereocenters. The second kappa shape index (κ2) is 8.74. The Labute approximate surface area is 171 Å². The number of carbonyl (C=O) groups is 1. The molecule has 1 aromatic rings. The summed E-state index contributed by atoms with van der Waals surface area (Å²) in [6.45, 7) is 9.37. The summed E-state index contributed by atoms with van der Waals surface area (Å²) in [5, 5.41) is 0. The van der Waals surface area contributed by atoms with Crippen molar-refractivity contribution in [2.45, 2.75) is 89.5 Å². The fraction of sp³-hybridized carbons (Fsp3) is 0.625. The highest BCUT2D eigenvalue weighted by Crippen LogP contribution is 2.42. The Hall–Kier alpha value is -1.73. The van der Waals surface area contributed by atoms with E-state index in [9.17, 15) is 4.79 Å². The Morgan fingerprint density at radius 1 is 1.14 bits per heavy atom. The molecule has 0 saturated heterocycles. The zero-order chi connectivity index (χ0) is 20.2. The number of Topliss-reactive ketones (excluding diaryl/α,β-unsaturated/α-hetero) is 1. The van der Waals surface area contributed by atoms with E-state index < -0.39 is 8.07 Å². The van der Waals surface area contributed by atoms with Gasteiger partial charge in [0.25, 0.3) is 0 Å². The zero-order valence-corrected chi connectivity index (χ0v) is 18.9. The van der Waals surface area contributed by atoms with Crippen LogP contribution in [0.5, 0.6) is 11.5 Å². The van der Waals surface area contributed by atoms with Crippen LogP contribution in [0.15, 0.2) is 18.2 Å². The van der Waals surface area contributed by atoms with Crippen molar-refractivity contribution in [1.82, 2.24) is 0 Å². The van der Waals surface area contributed by atoms with Crippen LogP contribution in [0, 0.1) is 11.5 Å². The molecule has 0 aliphatic heterocycles. The molecule has 3 nitrogen and oxygen atoms in total. The Morgan fingerprint density at radius 2 is 1.89 bits per heavy atom. The number of carbonyl (C=O) groups excluding carboxylic acids is 1. The fourth-order valence-corrected chi connectivity index (χ4v) is 4.81. The van der Waals surface area contributed by atoms with E-state index in [0.717, 1.165) is 42.7 Å². The van der Waals surface area contributed by atoms with Crippen LogP contribution < -0.4 is 9.47 Å². The summed E-state index contributed by atoms with van der Waals surface area (Å²) in [4.78, 5) is 12.4. The van der Waals surface area contributed by atoms with Crippen LogP contribution >= 0.6 is 0 Å². The molecule has 152 valence electrons. The number of rotatable bonds is 5. The highest BCUT2D eigenvalue weighted by molar-refractivity contribution is 6.83. The van der Waals surface area contributed by atoms with Gasteiger partial charge in [0.1, 0.15) is 13.9 Å². The van der Waals surface area contributed by atoms with Crippen molar-refractivity contribution in [3.63, 3.8) is 0 Å². The minimum Gasteiger partial charge on any atom is -0.490 e. The van der Waals surface area contributed by atoms with Crippen molar-refractivity contribution in [2.24, 2.45) is 0 Å². The number of ketones is 1. The molecule has 0 N–H and O–H groups in total. The molecule has 4 heteroatoms. The van der Waals surface area contributed by atoms with Crippen LogP contribution in [-0.4, -0.2) is 26.6 Å². The average Bonchev–Trinajstić information content (AvgIpc) is 3.14. The van der Waals surface area contributed by atoms with Gasteiger partial charge in [-0.1, -0.05) is 31.6 Å². The monoisotopic (exact) mass is 398 g/mol. The van der Waals surface area contributed by atoms with Crippen molar-refractivity contribution in [1.29, 1.82) is 0 Å². The molecule has 0 heterocycles. The van der Waals surface area contributed by atoms with Gasteiger partial charge in [-0.2, -0.15) is 0 Å². The molecule has 0 bridgehead atoms. The minimum absolute atomic E-state index is 0.270. The third kappa shape index (κ3) is 5.20. The minimum atomic E-state index is -1.54.